The molecule has 1 saturated heterocycles. The van der Waals surface area contributed by atoms with Crippen molar-refractivity contribution in [1.29, 1.82) is 0 Å². The molecule has 1 aliphatic rings. The van der Waals surface area contributed by atoms with Crippen LogP contribution in [0.4, 0.5) is 0 Å². The zero-order valence-corrected chi connectivity index (χ0v) is 17.8. The molecule has 2 aromatic carbocycles. The van der Waals surface area contributed by atoms with Crippen LogP contribution in [0.2, 0.25) is 0 Å². The van der Waals surface area contributed by atoms with E-state index in [1.807, 2.05) is 44.2 Å². The Kier molecular flexibility index (Phi) is 6.24. The molecule has 1 N–H and O–H groups in total. The first-order valence-corrected chi connectivity index (χ1v) is 11.2. The summed E-state index contributed by atoms with van der Waals surface area (Å²) in [7, 11) is -3.63. The third-order valence-electron chi connectivity index (χ3n) is 5.20. The fourth-order valence-corrected chi connectivity index (χ4v) is 5.01. The number of fused-ring (bicyclic) bond motifs is 1. The molecule has 0 aromatic heterocycles. The number of benzene rings is 2. The van der Waals surface area contributed by atoms with E-state index >= 15 is 0 Å². The van der Waals surface area contributed by atoms with Crippen LogP contribution in [0.5, 0.6) is 0 Å². The second-order valence-corrected chi connectivity index (χ2v) is 9.60. The molecule has 1 fully saturated rings. The van der Waals surface area contributed by atoms with Crippen molar-refractivity contribution in [2.24, 2.45) is 5.92 Å². The van der Waals surface area contributed by atoms with Gasteiger partial charge in [-0.1, -0.05) is 44.2 Å². The van der Waals surface area contributed by atoms with Gasteiger partial charge in [-0.3, -0.25) is 9.59 Å². The highest BCUT2D eigenvalue weighted by atomic mass is 32.2. The molecule has 29 heavy (non-hydrogen) atoms. The predicted octanol–water partition coefficient (Wildman–Crippen LogP) is 1.83. The lowest BCUT2D eigenvalue weighted by molar-refractivity contribution is -0.138. The van der Waals surface area contributed by atoms with E-state index in [0.717, 1.165) is 10.8 Å². The van der Waals surface area contributed by atoms with Gasteiger partial charge in [0, 0.05) is 33.1 Å². The standard InChI is InChI=1S/C21H27N3O4S/c1-15(2)20(22-16(3)25)21(26)23-10-12-24(13-11-23)29(27,28)19-9-8-17-6-4-5-7-18(17)14-19/h4-9,14-15,20H,10-13H2,1-3H3,(H,22,25)/t20-/m1/s1. The Bertz CT molecular complexity index is 1010. The minimum absolute atomic E-state index is 0.0502. The number of sulfonamides is 1. The van der Waals surface area contributed by atoms with Crippen molar-refractivity contribution in [1.82, 2.24) is 14.5 Å². The number of amides is 2. The Morgan fingerprint density at radius 2 is 1.59 bits per heavy atom. The molecule has 0 bridgehead atoms. The number of carbonyl (C=O) groups excluding carboxylic acids is 2. The third kappa shape index (κ3) is 4.59. The molecule has 2 amide bonds. The van der Waals surface area contributed by atoms with E-state index in [1.165, 1.54) is 11.2 Å². The van der Waals surface area contributed by atoms with Crippen molar-refractivity contribution in [2.45, 2.75) is 31.7 Å². The molecule has 1 atom stereocenters. The van der Waals surface area contributed by atoms with Crippen molar-refractivity contribution in [2.75, 3.05) is 26.2 Å². The largest absolute Gasteiger partial charge is 0.344 e. The van der Waals surface area contributed by atoms with Gasteiger partial charge in [0.15, 0.2) is 0 Å². The second kappa shape index (κ2) is 8.51. The van der Waals surface area contributed by atoms with E-state index in [4.69, 9.17) is 0 Å². The van der Waals surface area contributed by atoms with Crippen molar-refractivity contribution < 1.29 is 18.0 Å². The molecular formula is C21H27N3O4S. The first-order chi connectivity index (χ1) is 13.7. The molecule has 7 nitrogen and oxygen atoms in total. The zero-order valence-electron chi connectivity index (χ0n) is 17.0. The summed E-state index contributed by atoms with van der Waals surface area (Å²) >= 11 is 0. The number of carbonyl (C=O) groups is 2. The van der Waals surface area contributed by atoms with Crippen LogP contribution < -0.4 is 5.32 Å². The summed E-state index contributed by atoms with van der Waals surface area (Å²) in [5.74, 6) is -0.474. The van der Waals surface area contributed by atoms with Crippen LogP contribution in [-0.4, -0.2) is 61.7 Å². The molecule has 0 radical (unpaired) electrons. The monoisotopic (exact) mass is 417 g/mol. The first kappa shape index (κ1) is 21.3. The maximum absolute atomic E-state index is 13.1. The van der Waals surface area contributed by atoms with Gasteiger partial charge >= 0.3 is 0 Å². The van der Waals surface area contributed by atoms with Crippen molar-refractivity contribution in [3.05, 3.63) is 42.5 Å². The fourth-order valence-electron chi connectivity index (χ4n) is 3.56. The summed E-state index contributed by atoms with van der Waals surface area (Å²) in [6.45, 7) is 6.19. The Labute approximate surface area is 171 Å². The number of hydrogen-bond donors (Lipinski definition) is 1. The van der Waals surface area contributed by atoms with Gasteiger partial charge in [-0.2, -0.15) is 4.31 Å². The van der Waals surface area contributed by atoms with Crippen LogP contribution in [0.15, 0.2) is 47.4 Å². The van der Waals surface area contributed by atoms with E-state index in [1.54, 1.807) is 17.0 Å². The molecule has 0 unspecified atom stereocenters. The Balaban J connectivity index is 1.71. The predicted molar refractivity (Wildman–Crippen MR) is 112 cm³/mol. The van der Waals surface area contributed by atoms with Gasteiger partial charge in [0.1, 0.15) is 6.04 Å². The van der Waals surface area contributed by atoms with E-state index < -0.39 is 16.1 Å². The zero-order chi connectivity index (χ0) is 21.2. The average molecular weight is 418 g/mol. The topological polar surface area (TPSA) is 86.8 Å². The van der Waals surface area contributed by atoms with Crippen LogP contribution >= 0.6 is 0 Å². The molecule has 0 saturated carbocycles. The van der Waals surface area contributed by atoms with Crippen molar-refractivity contribution >= 4 is 32.6 Å². The highest BCUT2D eigenvalue weighted by Crippen LogP contribution is 2.23. The van der Waals surface area contributed by atoms with Gasteiger partial charge in [-0.05, 0) is 28.8 Å². The maximum Gasteiger partial charge on any atom is 0.245 e. The summed E-state index contributed by atoms with van der Waals surface area (Å²) < 4.78 is 27.5. The smallest absolute Gasteiger partial charge is 0.245 e. The molecule has 156 valence electrons. The van der Waals surface area contributed by atoms with Crippen molar-refractivity contribution in [3.63, 3.8) is 0 Å². The molecule has 1 aliphatic heterocycles. The highest BCUT2D eigenvalue weighted by Gasteiger charge is 2.33. The van der Waals surface area contributed by atoms with E-state index in [2.05, 4.69) is 5.32 Å². The number of nitrogens with one attached hydrogen (secondary N) is 1. The van der Waals surface area contributed by atoms with Gasteiger partial charge in [-0.15, -0.1) is 0 Å². The summed E-state index contributed by atoms with van der Waals surface area (Å²) in [6, 6.07) is 12.1. The minimum Gasteiger partial charge on any atom is -0.344 e. The van der Waals surface area contributed by atoms with Gasteiger partial charge in [0.2, 0.25) is 21.8 Å². The third-order valence-corrected chi connectivity index (χ3v) is 7.10. The lowest BCUT2D eigenvalue weighted by Gasteiger charge is -2.36. The molecule has 0 aliphatic carbocycles. The normalized spacial score (nSPS) is 16.8. The van der Waals surface area contributed by atoms with Crippen LogP contribution in [0.25, 0.3) is 10.8 Å². The lowest BCUT2D eigenvalue weighted by atomic mass is 10.0. The number of hydrogen-bond acceptors (Lipinski definition) is 4. The lowest BCUT2D eigenvalue weighted by Crippen LogP contribution is -2.56. The van der Waals surface area contributed by atoms with Gasteiger partial charge in [-0.25, -0.2) is 8.42 Å². The first-order valence-electron chi connectivity index (χ1n) is 9.75. The number of rotatable bonds is 5. The quantitative estimate of drug-likeness (QED) is 0.804. The van der Waals surface area contributed by atoms with Crippen LogP contribution in [0.1, 0.15) is 20.8 Å². The summed E-state index contributed by atoms with van der Waals surface area (Å²) in [5.41, 5.74) is 0. The molecule has 1 heterocycles. The van der Waals surface area contributed by atoms with E-state index in [0.29, 0.717) is 13.1 Å². The van der Waals surface area contributed by atoms with Gasteiger partial charge in [0.05, 0.1) is 4.90 Å². The molecular weight excluding hydrogens is 390 g/mol. The summed E-state index contributed by atoms with van der Waals surface area (Å²) in [5, 5.41) is 4.56. The Morgan fingerprint density at radius 3 is 2.17 bits per heavy atom. The Morgan fingerprint density at radius 1 is 0.966 bits per heavy atom. The maximum atomic E-state index is 13.1. The van der Waals surface area contributed by atoms with Gasteiger partial charge in [0.25, 0.3) is 0 Å². The SMILES string of the molecule is CC(=O)N[C@@H](C(=O)N1CCN(S(=O)(=O)c2ccc3ccccc3c2)CC1)C(C)C. The summed E-state index contributed by atoms with van der Waals surface area (Å²) in [6.07, 6.45) is 0. The molecule has 0 spiro atoms. The van der Waals surface area contributed by atoms with Crippen LogP contribution in [0.3, 0.4) is 0 Å². The van der Waals surface area contributed by atoms with Crippen molar-refractivity contribution in [3.8, 4) is 0 Å². The van der Waals surface area contributed by atoms with E-state index in [9.17, 15) is 18.0 Å². The van der Waals surface area contributed by atoms with Gasteiger partial charge < -0.3 is 10.2 Å². The fraction of sp³-hybridized carbons (Fsp3) is 0.429. The minimum atomic E-state index is -3.63. The summed E-state index contributed by atoms with van der Waals surface area (Å²) in [4.78, 5) is 26.1. The molecule has 3 rings (SSSR count). The highest BCUT2D eigenvalue weighted by molar-refractivity contribution is 7.89. The molecule has 2 aromatic rings. The van der Waals surface area contributed by atoms with Crippen LogP contribution in [0, 0.1) is 5.92 Å². The molecule has 8 heteroatoms. The number of nitrogens with zero attached hydrogens (tertiary/aromatic N) is 2. The van der Waals surface area contributed by atoms with E-state index in [-0.39, 0.29) is 35.7 Å². The average Bonchev–Trinajstić information content (AvgIpc) is 2.71. The number of piperazine rings is 1. The second-order valence-electron chi connectivity index (χ2n) is 7.66. The Hall–Kier alpha value is -2.45. The van der Waals surface area contributed by atoms with Crippen LogP contribution in [-0.2, 0) is 19.6 Å².